The fourth-order valence-corrected chi connectivity index (χ4v) is 6.82. The van der Waals surface area contributed by atoms with Crippen molar-refractivity contribution in [1.29, 1.82) is 0 Å². The highest BCUT2D eigenvalue weighted by atomic mass is 35.5. The standard InChI is InChI=1S/C40H40Cl3N7O4/c1-7-39(3,4)24-16-17-32(27(19-24)40(5,6)8-2)54-22-33(51)44-26-13-11-12-23(18-26)37(52)45-36-35(50-46-30-14-9-10-15-31(30)47-50)38(53)49(48-36)34-28(42)20-25(41)21-29(34)43/h9-21,48H,7-8,22H2,1-6H3,(H,44,51)(H,45,52). The molecule has 3 N–H and O–H groups in total. The normalized spacial score (nSPS) is 11.9. The molecule has 2 amide bonds. The molecule has 2 aromatic heterocycles. The summed E-state index contributed by atoms with van der Waals surface area (Å²) in [5.74, 6) is -0.376. The number of benzene rings is 4. The number of hydrogen-bond donors (Lipinski definition) is 3. The van der Waals surface area contributed by atoms with Gasteiger partial charge in [-0.05, 0) is 77.8 Å². The van der Waals surface area contributed by atoms with Gasteiger partial charge in [-0.25, -0.2) is 4.68 Å². The number of rotatable bonds is 12. The molecule has 0 spiro atoms. The van der Waals surface area contributed by atoms with Gasteiger partial charge in [0.1, 0.15) is 22.5 Å². The van der Waals surface area contributed by atoms with Crippen LogP contribution in [0.3, 0.4) is 0 Å². The highest BCUT2D eigenvalue weighted by Gasteiger charge is 2.28. The molecule has 0 aliphatic carbocycles. The van der Waals surface area contributed by atoms with Gasteiger partial charge in [0.25, 0.3) is 11.8 Å². The van der Waals surface area contributed by atoms with Crippen molar-refractivity contribution in [2.24, 2.45) is 0 Å². The van der Waals surface area contributed by atoms with Crippen LogP contribution >= 0.6 is 34.8 Å². The maximum atomic E-state index is 14.0. The van der Waals surface area contributed by atoms with Crippen LogP contribution in [0.4, 0.5) is 11.5 Å². The minimum atomic E-state index is -0.646. The van der Waals surface area contributed by atoms with Crippen molar-refractivity contribution in [1.82, 2.24) is 24.8 Å². The second kappa shape index (κ2) is 15.3. The van der Waals surface area contributed by atoms with E-state index in [2.05, 4.69) is 79.6 Å². The lowest BCUT2D eigenvalue weighted by Gasteiger charge is -2.30. The molecular formula is C40H40Cl3N7O4. The fraction of sp³-hybridized carbons (Fsp3) is 0.275. The number of halogens is 3. The average Bonchev–Trinajstić information content (AvgIpc) is 3.70. The maximum absolute atomic E-state index is 14.0. The zero-order chi connectivity index (χ0) is 38.9. The quantitative estimate of drug-likeness (QED) is 0.113. The highest BCUT2D eigenvalue weighted by molar-refractivity contribution is 6.40. The van der Waals surface area contributed by atoms with Gasteiger partial charge in [-0.2, -0.15) is 0 Å². The molecule has 14 heteroatoms. The Morgan fingerprint density at radius 3 is 2.07 bits per heavy atom. The van der Waals surface area contributed by atoms with Crippen LogP contribution in [-0.4, -0.2) is 43.2 Å². The van der Waals surface area contributed by atoms with Crippen LogP contribution in [0.1, 0.15) is 75.9 Å². The van der Waals surface area contributed by atoms with Gasteiger partial charge in [-0.1, -0.05) is 107 Å². The third-order valence-corrected chi connectivity index (χ3v) is 10.6. The number of aromatic nitrogens is 5. The Morgan fingerprint density at radius 2 is 1.44 bits per heavy atom. The molecule has 0 radical (unpaired) electrons. The van der Waals surface area contributed by atoms with Crippen LogP contribution in [0.2, 0.25) is 15.1 Å². The van der Waals surface area contributed by atoms with Crippen molar-refractivity contribution in [2.75, 3.05) is 17.2 Å². The molecule has 4 aromatic carbocycles. The minimum absolute atomic E-state index is 0.00449. The summed E-state index contributed by atoms with van der Waals surface area (Å²) in [6, 6.07) is 22.5. The topological polar surface area (TPSA) is 136 Å². The summed E-state index contributed by atoms with van der Waals surface area (Å²) in [6.07, 6.45) is 1.87. The monoisotopic (exact) mass is 787 g/mol. The van der Waals surface area contributed by atoms with Crippen LogP contribution in [0.5, 0.6) is 5.75 Å². The third kappa shape index (κ3) is 7.89. The van der Waals surface area contributed by atoms with E-state index in [9.17, 15) is 14.4 Å². The van der Waals surface area contributed by atoms with Crippen LogP contribution in [-0.2, 0) is 15.6 Å². The zero-order valence-corrected chi connectivity index (χ0v) is 33.0. The average molecular weight is 789 g/mol. The Morgan fingerprint density at radius 1 is 0.796 bits per heavy atom. The lowest BCUT2D eigenvalue weighted by molar-refractivity contribution is -0.118. The van der Waals surface area contributed by atoms with Gasteiger partial charge >= 0.3 is 5.56 Å². The predicted octanol–water partition coefficient (Wildman–Crippen LogP) is 9.50. The molecule has 0 saturated heterocycles. The van der Waals surface area contributed by atoms with Gasteiger partial charge in [-0.15, -0.1) is 15.0 Å². The number of aromatic amines is 1. The van der Waals surface area contributed by atoms with Crippen molar-refractivity contribution in [3.8, 4) is 17.1 Å². The van der Waals surface area contributed by atoms with Crippen LogP contribution in [0.25, 0.3) is 22.4 Å². The van der Waals surface area contributed by atoms with E-state index in [-0.39, 0.29) is 55.3 Å². The number of nitrogens with one attached hydrogen (secondary N) is 3. The summed E-state index contributed by atoms with van der Waals surface area (Å²) >= 11 is 19.1. The smallest absolute Gasteiger partial charge is 0.301 e. The molecule has 0 aliphatic rings. The Bertz CT molecular complexity index is 2390. The van der Waals surface area contributed by atoms with Crippen LogP contribution < -0.4 is 20.9 Å². The van der Waals surface area contributed by atoms with Gasteiger partial charge in [-0.3, -0.25) is 19.5 Å². The van der Waals surface area contributed by atoms with Gasteiger partial charge in [0.05, 0.1) is 10.0 Å². The predicted molar refractivity (Wildman–Crippen MR) is 215 cm³/mol. The molecule has 0 bridgehead atoms. The first-order valence-corrected chi connectivity index (χ1v) is 18.6. The molecule has 11 nitrogen and oxygen atoms in total. The van der Waals surface area contributed by atoms with E-state index in [1.54, 1.807) is 42.5 Å². The number of hydrogen-bond acceptors (Lipinski definition) is 6. The zero-order valence-electron chi connectivity index (χ0n) is 30.7. The molecule has 0 fully saturated rings. The number of nitrogens with zero attached hydrogens (tertiary/aromatic N) is 4. The molecule has 6 rings (SSSR count). The number of fused-ring (bicyclic) bond motifs is 1. The fourth-order valence-electron chi connectivity index (χ4n) is 5.83. The minimum Gasteiger partial charge on any atom is -0.483 e. The maximum Gasteiger partial charge on any atom is 0.301 e. The van der Waals surface area contributed by atoms with E-state index in [4.69, 9.17) is 39.5 Å². The summed E-state index contributed by atoms with van der Waals surface area (Å²) < 4.78 is 7.19. The lowest BCUT2D eigenvalue weighted by atomic mass is 9.76. The Balaban J connectivity index is 1.24. The molecule has 0 atom stereocenters. The van der Waals surface area contributed by atoms with Crippen LogP contribution in [0.15, 0.2) is 83.7 Å². The largest absolute Gasteiger partial charge is 0.483 e. The van der Waals surface area contributed by atoms with E-state index in [1.807, 2.05) is 6.07 Å². The Hall–Kier alpha value is -5.10. The van der Waals surface area contributed by atoms with Crippen molar-refractivity contribution < 1.29 is 14.3 Å². The van der Waals surface area contributed by atoms with Gasteiger partial charge < -0.3 is 15.4 Å². The molecule has 2 heterocycles. The van der Waals surface area contributed by atoms with Crippen molar-refractivity contribution in [3.63, 3.8) is 0 Å². The SMILES string of the molecule is CCC(C)(C)c1ccc(OCC(=O)Nc2cccc(C(=O)Nc3[nH]n(-c4c(Cl)cc(Cl)cc4Cl)c(=O)c3-n3nc4ccccc4n3)c2)c(C(C)(C)CC)c1. The molecule has 0 aliphatic heterocycles. The molecule has 6 aromatic rings. The first-order chi connectivity index (χ1) is 25.6. The second-order valence-corrected chi connectivity index (χ2v) is 15.5. The Kier molecular flexibility index (Phi) is 11.0. The summed E-state index contributed by atoms with van der Waals surface area (Å²) in [7, 11) is 0. The molecule has 280 valence electrons. The lowest BCUT2D eigenvalue weighted by Crippen LogP contribution is -2.24. The first kappa shape index (κ1) is 38.6. The third-order valence-electron chi connectivity index (χ3n) is 9.82. The first-order valence-electron chi connectivity index (χ1n) is 17.4. The number of carbonyl (C=O) groups is 2. The number of H-pyrrole nitrogens is 1. The summed E-state index contributed by atoms with van der Waals surface area (Å²) in [5.41, 5.74) is 3.07. The van der Waals surface area contributed by atoms with E-state index < -0.39 is 17.4 Å². The summed E-state index contributed by atoms with van der Waals surface area (Å²) in [5, 5.41) is 17.8. The van der Waals surface area contributed by atoms with Gasteiger partial charge in [0.2, 0.25) is 0 Å². The van der Waals surface area contributed by atoms with E-state index in [0.29, 0.717) is 22.5 Å². The summed E-state index contributed by atoms with van der Waals surface area (Å²) in [6.45, 7) is 12.8. The second-order valence-electron chi connectivity index (χ2n) is 14.2. The van der Waals surface area contributed by atoms with Gasteiger partial charge in [0, 0.05) is 21.8 Å². The van der Waals surface area contributed by atoms with E-state index in [1.165, 1.54) is 23.8 Å². The number of carbonyl (C=O) groups excluding carboxylic acids is 2. The highest BCUT2D eigenvalue weighted by Crippen LogP contribution is 2.38. The van der Waals surface area contributed by atoms with Crippen molar-refractivity contribution in [3.05, 3.63) is 121 Å². The molecular weight excluding hydrogens is 749 g/mol. The van der Waals surface area contributed by atoms with Gasteiger partial charge in [0.15, 0.2) is 18.1 Å². The number of amides is 2. The van der Waals surface area contributed by atoms with E-state index >= 15 is 0 Å². The molecule has 0 saturated carbocycles. The Labute approximate surface area is 327 Å². The summed E-state index contributed by atoms with van der Waals surface area (Å²) in [4.78, 5) is 42.0. The number of anilines is 2. The number of ether oxygens (including phenoxy) is 1. The molecule has 0 unspecified atom stereocenters. The van der Waals surface area contributed by atoms with Crippen LogP contribution in [0, 0.1) is 0 Å². The van der Waals surface area contributed by atoms with Crippen molar-refractivity contribution in [2.45, 2.75) is 65.2 Å². The molecule has 54 heavy (non-hydrogen) atoms. The van der Waals surface area contributed by atoms with Crippen molar-refractivity contribution >= 4 is 69.2 Å². The van der Waals surface area contributed by atoms with E-state index in [0.717, 1.165) is 27.9 Å².